The van der Waals surface area contributed by atoms with Gasteiger partial charge in [-0.1, -0.05) is 19.9 Å². The third-order valence-electron chi connectivity index (χ3n) is 3.48. The van der Waals surface area contributed by atoms with Crippen LogP contribution in [-0.4, -0.2) is 28.0 Å². The number of hydrogen-bond donors (Lipinski definition) is 1. The Labute approximate surface area is 127 Å². The first kappa shape index (κ1) is 14.3. The minimum Gasteiger partial charge on any atom is -0.469 e. The van der Waals surface area contributed by atoms with Gasteiger partial charge in [-0.3, -0.25) is 4.79 Å². The van der Waals surface area contributed by atoms with Gasteiger partial charge >= 0.3 is 5.97 Å². The summed E-state index contributed by atoms with van der Waals surface area (Å²) in [5, 5.41) is 0. The fourth-order valence-corrected chi connectivity index (χ4v) is 2.20. The molecule has 22 heavy (non-hydrogen) atoms. The lowest BCUT2D eigenvalue weighted by atomic mass is 10.0. The number of rotatable bonds is 4. The normalized spacial score (nSPS) is 11.3. The smallest absolute Gasteiger partial charge is 0.311 e. The Morgan fingerprint density at radius 1 is 1.36 bits per heavy atom. The van der Waals surface area contributed by atoms with Crippen molar-refractivity contribution >= 4 is 17.0 Å². The summed E-state index contributed by atoms with van der Waals surface area (Å²) in [4.78, 5) is 23.2. The van der Waals surface area contributed by atoms with Crippen molar-refractivity contribution in [2.75, 3.05) is 7.11 Å². The summed E-state index contributed by atoms with van der Waals surface area (Å²) in [7, 11) is 1.34. The second-order valence-corrected chi connectivity index (χ2v) is 5.41. The molecule has 0 fully saturated rings. The summed E-state index contributed by atoms with van der Waals surface area (Å²) in [6.45, 7) is 4.29. The van der Waals surface area contributed by atoms with Crippen LogP contribution in [0.1, 0.15) is 31.0 Å². The highest BCUT2D eigenvalue weighted by atomic mass is 16.5. The Balaban J connectivity index is 1.91. The van der Waals surface area contributed by atoms with Crippen molar-refractivity contribution in [3.63, 3.8) is 0 Å². The van der Waals surface area contributed by atoms with Gasteiger partial charge in [-0.15, -0.1) is 0 Å². The number of esters is 1. The van der Waals surface area contributed by atoms with Crippen LogP contribution >= 0.6 is 0 Å². The zero-order valence-electron chi connectivity index (χ0n) is 12.7. The molecule has 0 aliphatic rings. The number of carbonyl (C=O) groups is 1. The molecule has 0 unspecified atom stereocenters. The molecule has 0 radical (unpaired) electrons. The predicted octanol–water partition coefficient (Wildman–Crippen LogP) is 3.06. The minimum atomic E-state index is -0.356. The molecule has 3 rings (SSSR count). The average molecular weight is 299 g/mol. The highest BCUT2D eigenvalue weighted by Gasteiger charge is 2.14. The molecule has 0 aliphatic heterocycles. The molecule has 2 heterocycles. The van der Waals surface area contributed by atoms with Gasteiger partial charge in [-0.2, -0.15) is 0 Å². The highest BCUT2D eigenvalue weighted by Crippen LogP contribution is 2.23. The summed E-state index contributed by atoms with van der Waals surface area (Å²) < 4.78 is 10.00. The van der Waals surface area contributed by atoms with Crippen molar-refractivity contribution in [1.29, 1.82) is 0 Å². The molecule has 2 aromatic heterocycles. The lowest BCUT2D eigenvalue weighted by Crippen LogP contribution is -2.04. The number of aromatic amines is 1. The van der Waals surface area contributed by atoms with Gasteiger partial charge in [-0.05, 0) is 23.6 Å². The third kappa shape index (κ3) is 2.72. The number of oxazole rings is 1. The van der Waals surface area contributed by atoms with E-state index in [2.05, 4.69) is 45.7 Å². The van der Waals surface area contributed by atoms with E-state index in [1.165, 1.54) is 18.9 Å². The van der Waals surface area contributed by atoms with E-state index in [1.807, 2.05) is 6.07 Å². The van der Waals surface area contributed by atoms with Gasteiger partial charge in [-0.25, -0.2) is 9.97 Å². The van der Waals surface area contributed by atoms with Crippen molar-refractivity contribution in [3.05, 3.63) is 35.7 Å². The molecule has 0 amide bonds. The fourth-order valence-electron chi connectivity index (χ4n) is 2.20. The summed E-state index contributed by atoms with van der Waals surface area (Å²) in [5.41, 5.74) is 3.55. The van der Waals surface area contributed by atoms with E-state index in [4.69, 9.17) is 4.42 Å². The van der Waals surface area contributed by atoms with E-state index in [9.17, 15) is 4.79 Å². The first-order chi connectivity index (χ1) is 10.6. The Morgan fingerprint density at radius 3 is 2.91 bits per heavy atom. The largest absolute Gasteiger partial charge is 0.469 e. The minimum absolute atomic E-state index is 0.0811. The number of hydrogen-bond acceptors (Lipinski definition) is 5. The zero-order chi connectivity index (χ0) is 15.7. The first-order valence-corrected chi connectivity index (χ1v) is 7.08. The van der Waals surface area contributed by atoms with E-state index < -0.39 is 0 Å². The van der Waals surface area contributed by atoms with E-state index in [0.717, 1.165) is 11.0 Å². The molecule has 1 aromatic carbocycles. The summed E-state index contributed by atoms with van der Waals surface area (Å²) in [5.74, 6) is 1.00. The van der Waals surface area contributed by atoms with Crippen LogP contribution in [-0.2, 0) is 16.0 Å². The number of ether oxygens (including phenoxy) is 1. The SMILES string of the molecule is COC(=O)Cc1coc(-c2nc3ccc(C(C)C)cc3[nH]2)n1. The van der Waals surface area contributed by atoms with Crippen LogP contribution in [0, 0.1) is 0 Å². The number of nitrogens with one attached hydrogen (secondary N) is 1. The number of nitrogens with zero attached hydrogens (tertiary/aromatic N) is 2. The van der Waals surface area contributed by atoms with E-state index in [-0.39, 0.29) is 12.4 Å². The monoisotopic (exact) mass is 299 g/mol. The number of fused-ring (bicyclic) bond motifs is 1. The summed E-state index contributed by atoms with van der Waals surface area (Å²) in [6.07, 6.45) is 1.52. The fraction of sp³-hybridized carbons (Fsp3) is 0.312. The van der Waals surface area contributed by atoms with E-state index in [0.29, 0.717) is 23.3 Å². The Kier molecular flexibility index (Phi) is 3.66. The lowest BCUT2D eigenvalue weighted by molar-refractivity contribution is -0.139. The van der Waals surface area contributed by atoms with Crippen LogP contribution in [0.3, 0.4) is 0 Å². The highest BCUT2D eigenvalue weighted by molar-refractivity contribution is 5.79. The quantitative estimate of drug-likeness (QED) is 0.749. The number of benzene rings is 1. The van der Waals surface area contributed by atoms with Crippen molar-refractivity contribution < 1.29 is 13.9 Å². The third-order valence-corrected chi connectivity index (χ3v) is 3.48. The molecule has 0 spiro atoms. The van der Waals surface area contributed by atoms with Crippen molar-refractivity contribution in [1.82, 2.24) is 15.0 Å². The molecule has 0 saturated heterocycles. The van der Waals surface area contributed by atoms with Gasteiger partial charge in [0, 0.05) is 0 Å². The molecule has 0 atom stereocenters. The van der Waals surface area contributed by atoms with Crippen molar-refractivity contribution in [3.8, 4) is 11.7 Å². The Hall–Kier alpha value is -2.63. The number of H-pyrrole nitrogens is 1. The Bertz CT molecular complexity index is 817. The molecule has 0 bridgehead atoms. The summed E-state index contributed by atoms with van der Waals surface area (Å²) >= 11 is 0. The second-order valence-electron chi connectivity index (χ2n) is 5.41. The first-order valence-electron chi connectivity index (χ1n) is 7.08. The molecule has 3 aromatic rings. The Morgan fingerprint density at radius 2 is 2.18 bits per heavy atom. The molecule has 0 saturated carbocycles. The molecule has 0 aliphatic carbocycles. The molecule has 114 valence electrons. The number of imidazole rings is 1. The second kappa shape index (κ2) is 5.63. The molecule has 1 N–H and O–H groups in total. The maximum absolute atomic E-state index is 11.2. The van der Waals surface area contributed by atoms with Gasteiger partial charge in [0.25, 0.3) is 5.89 Å². The van der Waals surface area contributed by atoms with Gasteiger partial charge in [0.2, 0.25) is 0 Å². The van der Waals surface area contributed by atoms with Crippen LogP contribution in [0.2, 0.25) is 0 Å². The van der Waals surface area contributed by atoms with Crippen LogP contribution in [0.4, 0.5) is 0 Å². The standard InChI is InChI=1S/C16H17N3O3/c1-9(2)10-4-5-12-13(6-10)19-15(18-12)16-17-11(8-22-16)7-14(20)21-3/h4-6,8-9H,7H2,1-3H3,(H,18,19). The van der Waals surface area contributed by atoms with E-state index in [1.54, 1.807) is 0 Å². The lowest BCUT2D eigenvalue weighted by Gasteiger charge is -2.03. The van der Waals surface area contributed by atoms with Gasteiger partial charge in [0.05, 0.1) is 30.3 Å². The maximum atomic E-state index is 11.2. The predicted molar refractivity (Wildman–Crippen MR) is 81.4 cm³/mol. The van der Waals surface area contributed by atoms with Crippen LogP contribution < -0.4 is 0 Å². The average Bonchev–Trinajstić information content (AvgIpc) is 3.12. The number of aromatic nitrogens is 3. The van der Waals surface area contributed by atoms with Crippen LogP contribution in [0.5, 0.6) is 0 Å². The van der Waals surface area contributed by atoms with Crippen molar-refractivity contribution in [2.45, 2.75) is 26.2 Å². The van der Waals surface area contributed by atoms with Crippen LogP contribution in [0.15, 0.2) is 28.9 Å². The van der Waals surface area contributed by atoms with Gasteiger partial charge < -0.3 is 14.1 Å². The van der Waals surface area contributed by atoms with Crippen LogP contribution in [0.25, 0.3) is 22.7 Å². The zero-order valence-corrected chi connectivity index (χ0v) is 12.7. The maximum Gasteiger partial charge on any atom is 0.311 e. The van der Waals surface area contributed by atoms with Crippen molar-refractivity contribution in [2.24, 2.45) is 0 Å². The summed E-state index contributed by atoms with van der Waals surface area (Å²) in [6, 6.07) is 6.12. The molecular weight excluding hydrogens is 282 g/mol. The number of methoxy groups -OCH3 is 1. The molecule has 6 heteroatoms. The molecular formula is C16H17N3O3. The number of carbonyl (C=O) groups excluding carboxylic acids is 1. The topological polar surface area (TPSA) is 81.0 Å². The van der Waals surface area contributed by atoms with Gasteiger partial charge in [0.1, 0.15) is 6.26 Å². The molecule has 6 nitrogen and oxygen atoms in total. The van der Waals surface area contributed by atoms with Gasteiger partial charge in [0.15, 0.2) is 5.82 Å². The van der Waals surface area contributed by atoms with E-state index >= 15 is 0 Å².